The van der Waals surface area contributed by atoms with Gasteiger partial charge in [-0.15, -0.1) is 0 Å². The van der Waals surface area contributed by atoms with Crippen molar-refractivity contribution < 1.29 is 8.78 Å². The van der Waals surface area contributed by atoms with Crippen LogP contribution in [0.2, 0.25) is 0 Å². The molecule has 2 aliphatic carbocycles. The Balaban J connectivity index is 1.41. The monoisotopic (exact) mass is 354 g/mol. The van der Waals surface area contributed by atoms with Crippen molar-refractivity contribution in [2.24, 2.45) is 11.8 Å². The number of rotatable bonds is 4. The normalized spacial score (nSPS) is 20.8. The highest BCUT2D eigenvalue weighted by atomic mass is 19.2. The molecular formula is C24H28F2. The van der Waals surface area contributed by atoms with E-state index in [-0.39, 0.29) is 0 Å². The summed E-state index contributed by atoms with van der Waals surface area (Å²) >= 11 is 0. The van der Waals surface area contributed by atoms with Crippen LogP contribution in [0.1, 0.15) is 62.5 Å². The van der Waals surface area contributed by atoms with Crippen molar-refractivity contribution in [3.8, 4) is 11.1 Å². The second-order valence-electron chi connectivity index (χ2n) is 8.30. The zero-order chi connectivity index (χ0) is 17.9. The second-order valence-corrected chi connectivity index (χ2v) is 8.30. The summed E-state index contributed by atoms with van der Waals surface area (Å²) in [5, 5.41) is 0. The zero-order valence-corrected chi connectivity index (χ0v) is 15.4. The molecule has 0 amide bonds. The summed E-state index contributed by atoms with van der Waals surface area (Å²) in [7, 11) is 0. The van der Waals surface area contributed by atoms with Gasteiger partial charge in [0.15, 0.2) is 11.6 Å². The maximum Gasteiger partial charge on any atom is 0.159 e. The van der Waals surface area contributed by atoms with Crippen molar-refractivity contribution in [3.63, 3.8) is 0 Å². The quantitative estimate of drug-likeness (QED) is 0.549. The van der Waals surface area contributed by atoms with Crippen LogP contribution in [0.4, 0.5) is 8.78 Å². The van der Waals surface area contributed by atoms with Gasteiger partial charge in [-0.3, -0.25) is 0 Å². The van der Waals surface area contributed by atoms with Crippen molar-refractivity contribution in [2.75, 3.05) is 0 Å². The van der Waals surface area contributed by atoms with E-state index in [2.05, 4.69) is 18.2 Å². The summed E-state index contributed by atoms with van der Waals surface area (Å²) in [6.07, 6.45) is 13.5. The molecule has 4 rings (SSSR count). The zero-order valence-electron chi connectivity index (χ0n) is 15.4. The molecule has 2 aromatic rings. The number of aryl methyl sites for hydroxylation is 1. The average molecular weight is 354 g/mol. The highest BCUT2D eigenvalue weighted by Gasteiger charge is 2.21. The summed E-state index contributed by atoms with van der Waals surface area (Å²) in [5.41, 5.74) is 4.59. The van der Waals surface area contributed by atoms with E-state index in [1.807, 2.05) is 0 Å². The van der Waals surface area contributed by atoms with Gasteiger partial charge in [-0.05, 0) is 71.9 Å². The Morgan fingerprint density at radius 2 is 1.42 bits per heavy atom. The molecule has 0 aliphatic heterocycles. The molecule has 1 atom stereocenters. The third-order valence-electron chi connectivity index (χ3n) is 6.50. The topological polar surface area (TPSA) is 0 Å². The highest BCUT2D eigenvalue weighted by Crippen LogP contribution is 2.35. The lowest BCUT2D eigenvalue weighted by molar-refractivity contribution is 0.297. The predicted octanol–water partition coefficient (Wildman–Crippen LogP) is 7.10. The average Bonchev–Trinajstić information content (AvgIpc) is 2.69. The minimum Gasteiger partial charge on any atom is -0.204 e. The Bertz CT molecular complexity index is 759. The molecule has 0 aromatic heterocycles. The van der Waals surface area contributed by atoms with Gasteiger partial charge >= 0.3 is 0 Å². The van der Waals surface area contributed by atoms with Crippen LogP contribution in [0.25, 0.3) is 11.1 Å². The molecule has 138 valence electrons. The van der Waals surface area contributed by atoms with E-state index in [4.69, 9.17) is 0 Å². The first-order valence-corrected chi connectivity index (χ1v) is 10.3. The Kier molecular flexibility index (Phi) is 5.38. The first-order valence-electron chi connectivity index (χ1n) is 10.3. The lowest BCUT2D eigenvalue weighted by Gasteiger charge is -2.28. The number of fused-ring (bicyclic) bond motifs is 1. The number of hydrogen-bond acceptors (Lipinski definition) is 0. The second kappa shape index (κ2) is 7.90. The van der Waals surface area contributed by atoms with Gasteiger partial charge < -0.3 is 0 Å². The molecular weight excluding hydrogens is 326 g/mol. The fourth-order valence-electron chi connectivity index (χ4n) is 4.88. The summed E-state index contributed by atoms with van der Waals surface area (Å²) < 4.78 is 26.7. The molecule has 0 saturated heterocycles. The van der Waals surface area contributed by atoms with E-state index in [1.165, 1.54) is 81.0 Å². The van der Waals surface area contributed by atoms with Gasteiger partial charge in [0.25, 0.3) is 0 Å². The van der Waals surface area contributed by atoms with Gasteiger partial charge in [-0.25, -0.2) is 8.78 Å². The van der Waals surface area contributed by atoms with Gasteiger partial charge in [-0.2, -0.15) is 0 Å². The minimum atomic E-state index is -0.785. The summed E-state index contributed by atoms with van der Waals surface area (Å²) in [4.78, 5) is 0. The van der Waals surface area contributed by atoms with Crippen LogP contribution in [-0.2, 0) is 12.8 Å². The number of hydrogen-bond donors (Lipinski definition) is 0. The Morgan fingerprint density at radius 1 is 0.692 bits per heavy atom. The molecule has 0 radical (unpaired) electrons. The lowest BCUT2D eigenvalue weighted by Crippen LogP contribution is -2.16. The molecule has 2 aromatic carbocycles. The fourth-order valence-corrected chi connectivity index (χ4v) is 4.88. The minimum absolute atomic E-state index is 0.756. The van der Waals surface area contributed by atoms with Crippen molar-refractivity contribution in [3.05, 3.63) is 59.2 Å². The third-order valence-corrected chi connectivity index (χ3v) is 6.50. The van der Waals surface area contributed by atoms with E-state index in [0.717, 1.165) is 29.4 Å². The van der Waals surface area contributed by atoms with E-state index in [9.17, 15) is 8.78 Å². The molecule has 1 unspecified atom stereocenters. The highest BCUT2D eigenvalue weighted by molar-refractivity contribution is 5.65. The van der Waals surface area contributed by atoms with Gasteiger partial charge in [0.1, 0.15) is 0 Å². The van der Waals surface area contributed by atoms with E-state index >= 15 is 0 Å². The molecule has 0 N–H and O–H groups in total. The first-order chi connectivity index (χ1) is 12.7. The largest absolute Gasteiger partial charge is 0.204 e. The van der Waals surface area contributed by atoms with Crippen LogP contribution in [0.15, 0.2) is 36.4 Å². The SMILES string of the molecule is Fc1ccc(-c2ccc3c(c2)CCC(CCC2CCCCC2)C3)cc1F. The summed E-state index contributed by atoms with van der Waals surface area (Å²) in [6.45, 7) is 0. The van der Waals surface area contributed by atoms with Crippen molar-refractivity contribution >= 4 is 0 Å². The van der Waals surface area contributed by atoms with Gasteiger partial charge in [0.2, 0.25) is 0 Å². The summed E-state index contributed by atoms with van der Waals surface area (Å²) in [6, 6.07) is 10.6. The van der Waals surface area contributed by atoms with Gasteiger partial charge in [0.05, 0.1) is 0 Å². The first kappa shape index (κ1) is 17.7. The van der Waals surface area contributed by atoms with Crippen LogP contribution in [0.5, 0.6) is 0 Å². The Labute approximate surface area is 155 Å². The van der Waals surface area contributed by atoms with Gasteiger partial charge in [0, 0.05) is 0 Å². The molecule has 26 heavy (non-hydrogen) atoms. The van der Waals surface area contributed by atoms with Crippen LogP contribution < -0.4 is 0 Å². The van der Waals surface area contributed by atoms with E-state index < -0.39 is 11.6 Å². The molecule has 0 nitrogen and oxygen atoms in total. The van der Waals surface area contributed by atoms with E-state index in [1.54, 1.807) is 6.07 Å². The van der Waals surface area contributed by atoms with Crippen molar-refractivity contribution in [1.29, 1.82) is 0 Å². The van der Waals surface area contributed by atoms with Crippen LogP contribution in [-0.4, -0.2) is 0 Å². The molecule has 1 saturated carbocycles. The molecule has 1 fully saturated rings. The van der Waals surface area contributed by atoms with Crippen molar-refractivity contribution in [1.82, 2.24) is 0 Å². The maximum absolute atomic E-state index is 13.5. The molecule has 0 spiro atoms. The smallest absolute Gasteiger partial charge is 0.159 e. The predicted molar refractivity (Wildman–Crippen MR) is 103 cm³/mol. The summed E-state index contributed by atoms with van der Waals surface area (Å²) in [5.74, 6) is 0.231. The van der Waals surface area contributed by atoms with Crippen LogP contribution >= 0.6 is 0 Å². The molecule has 2 heteroatoms. The third kappa shape index (κ3) is 4.00. The molecule has 0 bridgehead atoms. The van der Waals surface area contributed by atoms with Crippen LogP contribution in [0, 0.1) is 23.5 Å². The maximum atomic E-state index is 13.5. The molecule has 2 aliphatic rings. The lowest BCUT2D eigenvalue weighted by atomic mass is 9.78. The van der Waals surface area contributed by atoms with E-state index in [0.29, 0.717) is 0 Å². The fraction of sp³-hybridized carbons (Fsp3) is 0.500. The Hall–Kier alpha value is -1.70. The Morgan fingerprint density at radius 3 is 2.23 bits per heavy atom. The molecule has 0 heterocycles. The van der Waals surface area contributed by atoms with Crippen molar-refractivity contribution in [2.45, 2.75) is 64.2 Å². The van der Waals surface area contributed by atoms with Crippen LogP contribution in [0.3, 0.4) is 0 Å². The van der Waals surface area contributed by atoms with Gasteiger partial charge in [-0.1, -0.05) is 62.8 Å². The standard InChI is InChI=1S/C24H28F2/c25-23-13-12-22(16-24(23)26)21-11-10-19-14-18(8-9-20(19)15-21)7-6-17-4-2-1-3-5-17/h10-13,15-18H,1-9,14H2. The number of benzene rings is 2. The number of halogens is 2.